The molecule has 13 heteroatoms. The molecule has 0 spiro atoms. The van der Waals surface area contributed by atoms with Crippen LogP contribution >= 0.6 is 0 Å². The first-order valence-electron chi connectivity index (χ1n) is 17.1. The van der Waals surface area contributed by atoms with Gasteiger partial charge in [-0.05, 0) is 92.0 Å². The normalized spacial score (nSPS) is 18.3. The molecule has 3 aliphatic rings. The van der Waals surface area contributed by atoms with Gasteiger partial charge in [-0.3, -0.25) is 44.1 Å². The summed E-state index contributed by atoms with van der Waals surface area (Å²) in [6.45, 7) is 2.90. The zero-order valence-corrected chi connectivity index (χ0v) is 28.8. The number of rotatable bonds is 10. The fraction of sp³-hybridized carbons (Fsp3) is 0.368. The van der Waals surface area contributed by atoms with Gasteiger partial charge in [0.15, 0.2) is 0 Å². The lowest BCUT2D eigenvalue weighted by atomic mass is 9.93. The first-order chi connectivity index (χ1) is 24.7. The van der Waals surface area contributed by atoms with Crippen LogP contribution in [0.1, 0.15) is 58.4 Å². The van der Waals surface area contributed by atoms with Crippen molar-refractivity contribution in [2.45, 2.75) is 44.7 Å². The Labute approximate surface area is 294 Å². The van der Waals surface area contributed by atoms with Gasteiger partial charge in [-0.15, -0.1) is 0 Å². The smallest absolute Gasteiger partial charge is 0.262 e. The number of methoxy groups -OCH3 is 2. The van der Waals surface area contributed by atoms with Crippen LogP contribution in [-0.4, -0.2) is 82.9 Å². The van der Waals surface area contributed by atoms with Crippen LogP contribution in [0, 0.1) is 5.92 Å². The van der Waals surface area contributed by atoms with Crippen molar-refractivity contribution in [1.29, 1.82) is 0 Å². The van der Waals surface area contributed by atoms with E-state index in [9.17, 15) is 24.0 Å². The van der Waals surface area contributed by atoms with Crippen molar-refractivity contribution < 1.29 is 33.4 Å². The molecule has 2 fully saturated rings. The second-order valence-electron chi connectivity index (χ2n) is 13.3. The molecule has 0 saturated carbocycles. The van der Waals surface area contributed by atoms with Gasteiger partial charge in [0.1, 0.15) is 23.3 Å². The highest BCUT2D eigenvalue weighted by Gasteiger charge is 2.44. The van der Waals surface area contributed by atoms with Gasteiger partial charge >= 0.3 is 0 Å². The van der Waals surface area contributed by atoms with Gasteiger partial charge < -0.3 is 18.8 Å². The van der Waals surface area contributed by atoms with Gasteiger partial charge in [-0.1, -0.05) is 0 Å². The van der Waals surface area contributed by atoms with Crippen molar-refractivity contribution in [2.24, 2.45) is 13.0 Å². The van der Waals surface area contributed by atoms with Crippen LogP contribution in [-0.2, 0) is 23.2 Å². The molecule has 1 N–H and O–H groups in total. The summed E-state index contributed by atoms with van der Waals surface area (Å²) in [4.78, 5) is 70.3. The first-order valence-corrected chi connectivity index (χ1v) is 17.1. The van der Waals surface area contributed by atoms with E-state index in [-0.39, 0.29) is 29.5 Å². The molecule has 2 aromatic heterocycles. The quantitative estimate of drug-likeness (QED) is 0.244. The fourth-order valence-corrected chi connectivity index (χ4v) is 7.38. The van der Waals surface area contributed by atoms with Crippen LogP contribution < -0.4 is 25.1 Å². The highest BCUT2D eigenvalue weighted by molar-refractivity contribution is 6.23. The maximum atomic E-state index is 13.2. The summed E-state index contributed by atoms with van der Waals surface area (Å²) in [5.41, 5.74) is 3.05. The maximum absolute atomic E-state index is 13.2. The Hall–Kier alpha value is -5.56. The lowest BCUT2D eigenvalue weighted by molar-refractivity contribution is -0.136. The van der Waals surface area contributed by atoms with Gasteiger partial charge in [0.25, 0.3) is 17.4 Å². The minimum absolute atomic E-state index is 0.0718. The Kier molecular flexibility index (Phi) is 9.30. The summed E-state index contributed by atoms with van der Waals surface area (Å²) in [5.74, 6) is 0.240. The van der Waals surface area contributed by atoms with Crippen molar-refractivity contribution in [3.8, 4) is 28.4 Å². The number of hydrogen-bond donors (Lipinski definition) is 1. The Balaban J connectivity index is 0.958. The van der Waals surface area contributed by atoms with E-state index in [1.54, 1.807) is 56.4 Å². The second kappa shape index (κ2) is 14.0. The molecule has 0 radical (unpaired) electrons. The molecule has 3 aliphatic heterocycles. The summed E-state index contributed by atoms with van der Waals surface area (Å²) in [5, 5.41) is 3.57. The number of amides is 4. The molecule has 0 aliphatic carbocycles. The molecule has 2 saturated heterocycles. The Bertz CT molecular complexity index is 2090. The predicted molar refractivity (Wildman–Crippen MR) is 187 cm³/mol. The van der Waals surface area contributed by atoms with Gasteiger partial charge in [-0.25, -0.2) is 0 Å². The van der Waals surface area contributed by atoms with E-state index in [2.05, 4.69) is 15.2 Å². The third kappa shape index (κ3) is 6.45. The number of aryl methyl sites for hydroxylation is 1. The zero-order chi connectivity index (χ0) is 35.8. The molecule has 4 amide bonds. The number of ether oxygens (including phenoxy) is 3. The van der Waals surface area contributed by atoms with Gasteiger partial charge in [0.05, 0.1) is 42.9 Å². The monoisotopic (exact) mass is 693 g/mol. The largest absolute Gasteiger partial charge is 0.496 e. The summed E-state index contributed by atoms with van der Waals surface area (Å²) in [7, 11) is 5.04. The first kappa shape index (κ1) is 33.9. The van der Waals surface area contributed by atoms with E-state index in [1.807, 2.05) is 24.4 Å². The number of piperidine rings is 2. The SMILES string of the molecule is COc1cc(-c2cn(C)c(=O)c3cnccc23)cc(OC)c1CN1CCC(CCOc2ccc3c(c2)C(=O)N(C2CCC(=O)NC2=O)C3=O)CC1. The molecule has 51 heavy (non-hydrogen) atoms. The van der Waals surface area contributed by atoms with E-state index >= 15 is 0 Å². The molecule has 4 aromatic rings. The van der Waals surface area contributed by atoms with E-state index in [1.165, 1.54) is 0 Å². The molecule has 1 unspecified atom stereocenters. The number of aromatic nitrogens is 2. The number of pyridine rings is 2. The predicted octanol–water partition coefficient (Wildman–Crippen LogP) is 3.70. The Morgan fingerprint density at radius 3 is 2.29 bits per heavy atom. The average Bonchev–Trinajstić information content (AvgIpc) is 3.38. The van der Waals surface area contributed by atoms with E-state index in [0.29, 0.717) is 41.7 Å². The number of hydrogen-bond acceptors (Lipinski definition) is 10. The number of likely N-dealkylation sites (tertiary alicyclic amines) is 1. The van der Waals surface area contributed by atoms with Crippen molar-refractivity contribution in [1.82, 2.24) is 24.7 Å². The molecule has 2 aromatic carbocycles. The lowest BCUT2D eigenvalue weighted by Gasteiger charge is -2.32. The van der Waals surface area contributed by atoms with Crippen LogP contribution in [0.15, 0.2) is 59.8 Å². The lowest BCUT2D eigenvalue weighted by Crippen LogP contribution is -2.54. The number of imide groups is 2. The van der Waals surface area contributed by atoms with Crippen molar-refractivity contribution in [3.63, 3.8) is 0 Å². The van der Waals surface area contributed by atoms with Gasteiger partial charge in [0, 0.05) is 44.2 Å². The van der Waals surface area contributed by atoms with E-state index < -0.39 is 29.7 Å². The number of benzene rings is 2. The average molecular weight is 694 g/mol. The van der Waals surface area contributed by atoms with Crippen molar-refractivity contribution in [2.75, 3.05) is 33.9 Å². The molecule has 13 nitrogen and oxygen atoms in total. The zero-order valence-electron chi connectivity index (χ0n) is 28.8. The Morgan fingerprint density at radius 1 is 0.863 bits per heavy atom. The van der Waals surface area contributed by atoms with E-state index in [0.717, 1.165) is 59.3 Å². The Morgan fingerprint density at radius 2 is 1.59 bits per heavy atom. The minimum Gasteiger partial charge on any atom is -0.496 e. The van der Waals surface area contributed by atoms with Crippen LogP contribution in [0.25, 0.3) is 21.9 Å². The molecular formula is C38H39N5O8. The summed E-state index contributed by atoms with van der Waals surface area (Å²) < 4.78 is 19.4. The topological polar surface area (TPSA) is 149 Å². The third-order valence-electron chi connectivity index (χ3n) is 10.2. The van der Waals surface area contributed by atoms with Gasteiger partial charge in [0.2, 0.25) is 11.8 Å². The molecule has 0 bridgehead atoms. The summed E-state index contributed by atoms with van der Waals surface area (Å²) >= 11 is 0. The highest BCUT2D eigenvalue weighted by Crippen LogP contribution is 2.38. The number of nitrogens with zero attached hydrogens (tertiary/aromatic N) is 4. The maximum Gasteiger partial charge on any atom is 0.262 e. The fourth-order valence-electron chi connectivity index (χ4n) is 7.38. The van der Waals surface area contributed by atoms with Crippen LogP contribution in [0.5, 0.6) is 17.2 Å². The third-order valence-corrected chi connectivity index (χ3v) is 10.2. The number of carbonyl (C=O) groups excluding carboxylic acids is 4. The summed E-state index contributed by atoms with van der Waals surface area (Å²) in [6, 6.07) is 9.64. The molecule has 1 atom stereocenters. The van der Waals surface area contributed by atoms with Gasteiger partial charge in [-0.2, -0.15) is 0 Å². The number of fused-ring (bicyclic) bond motifs is 2. The molecule has 7 rings (SSSR count). The standard InChI is InChI=1S/C38H39N5O8/c1-41-20-29(25-8-12-39-19-28(25)36(41)46)23-16-32(49-2)30(33(17-23)50-3)21-42-13-9-22(10-14-42)11-15-51-24-4-5-26-27(18-24)38(48)43(37(26)47)31-6-7-34(44)40-35(31)45/h4-5,8,12,16-20,22,31H,6-7,9-11,13-15,21H2,1-3H3,(H,40,44,45). The number of nitrogens with one attached hydrogen (secondary N) is 1. The molecule has 5 heterocycles. The molecule has 264 valence electrons. The molecular weight excluding hydrogens is 654 g/mol. The minimum atomic E-state index is -1.00. The van der Waals surface area contributed by atoms with E-state index in [4.69, 9.17) is 14.2 Å². The summed E-state index contributed by atoms with van der Waals surface area (Å²) in [6.07, 6.45) is 8.10. The van der Waals surface area contributed by atoms with Crippen LogP contribution in [0.4, 0.5) is 0 Å². The van der Waals surface area contributed by atoms with Crippen molar-refractivity contribution in [3.05, 3.63) is 82.0 Å². The van der Waals surface area contributed by atoms with Crippen molar-refractivity contribution >= 4 is 34.4 Å². The second-order valence-corrected chi connectivity index (χ2v) is 13.3. The van der Waals surface area contributed by atoms with Crippen LogP contribution in [0.2, 0.25) is 0 Å². The number of carbonyl (C=O) groups is 4. The van der Waals surface area contributed by atoms with Crippen LogP contribution in [0.3, 0.4) is 0 Å². The highest BCUT2D eigenvalue weighted by atomic mass is 16.5.